The zero-order valence-corrected chi connectivity index (χ0v) is 52.4. The van der Waals surface area contributed by atoms with Crippen LogP contribution in [0.2, 0.25) is 0 Å². The molecule has 0 aromatic carbocycles. The number of aliphatic hydroxyl groups is 1. The number of nitrogens with zero attached hydrogens (tertiary/aromatic N) is 1. The van der Waals surface area contributed by atoms with Gasteiger partial charge in [0, 0.05) is 6.42 Å². The van der Waals surface area contributed by atoms with Crippen molar-refractivity contribution >= 4 is 13.7 Å². The third kappa shape index (κ3) is 62.1. The van der Waals surface area contributed by atoms with Crippen LogP contribution >= 0.6 is 7.82 Å². The van der Waals surface area contributed by atoms with Crippen molar-refractivity contribution in [3.05, 3.63) is 134 Å². The highest BCUT2D eigenvalue weighted by molar-refractivity contribution is 7.45. The van der Waals surface area contributed by atoms with Crippen LogP contribution in [0.4, 0.5) is 0 Å². The summed E-state index contributed by atoms with van der Waals surface area (Å²) in [6.45, 7) is 4.50. The van der Waals surface area contributed by atoms with E-state index in [-0.39, 0.29) is 12.5 Å². The Balaban J connectivity index is 4.30. The summed E-state index contributed by atoms with van der Waals surface area (Å²) in [5, 5.41) is 13.9. The molecule has 3 atom stereocenters. The lowest BCUT2D eigenvalue weighted by Gasteiger charge is -2.29. The number of carbonyl (C=O) groups is 1. The van der Waals surface area contributed by atoms with Gasteiger partial charge < -0.3 is 28.8 Å². The summed E-state index contributed by atoms with van der Waals surface area (Å²) < 4.78 is 23.4. The molecule has 0 aromatic heterocycles. The normalized spacial score (nSPS) is 14.7. The maximum Gasteiger partial charge on any atom is 0.268 e. The van der Waals surface area contributed by atoms with Crippen molar-refractivity contribution in [1.82, 2.24) is 5.32 Å². The van der Waals surface area contributed by atoms with Gasteiger partial charge in [-0.05, 0) is 109 Å². The first-order chi connectivity index (χ1) is 38.5. The van der Waals surface area contributed by atoms with E-state index in [1.165, 1.54) is 109 Å². The molecule has 0 aliphatic rings. The molecule has 0 heterocycles. The molecule has 8 nitrogen and oxygen atoms in total. The number of hydrogen-bond donors (Lipinski definition) is 2. The van der Waals surface area contributed by atoms with Crippen molar-refractivity contribution in [2.45, 2.75) is 264 Å². The minimum Gasteiger partial charge on any atom is -0.756 e. The molecule has 0 aliphatic heterocycles. The van der Waals surface area contributed by atoms with E-state index in [1.807, 2.05) is 27.2 Å². The fourth-order valence-corrected chi connectivity index (χ4v) is 9.34. The van der Waals surface area contributed by atoms with Crippen molar-refractivity contribution in [2.75, 3.05) is 40.9 Å². The number of aliphatic hydroxyl groups excluding tert-OH is 1. The number of hydrogen-bond acceptors (Lipinski definition) is 6. The summed E-state index contributed by atoms with van der Waals surface area (Å²) in [5.74, 6) is -0.230. The van der Waals surface area contributed by atoms with Crippen LogP contribution in [0.1, 0.15) is 251 Å². The van der Waals surface area contributed by atoms with Gasteiger partial charge in [-0.1, -0.05) is 270 Å². The molecule has 0 saturated heterocycles. The van der Waals surface area contributed by atoms with Crippen LogP contribution in [0.15, 0.2) is 134 Å². The van der Waals surface area contributed by atoms with Crippen LogP contribution in [0, 0.1) is 0 Å². The van der Waals surface area contributed by atoms with Crippen LogP contribution in [-0.4, -0.2) is 68.5 Å². The van der Waals surface area contributed by atoms with E-state index in [2.05, 4.69) is 141 Å². The number of phosphoric acid groups is 1. The monoisotopic (exact) mass is 1120 g/mol. The first kappa shape index (κ1) is 75.6. The second-order valence-electron chi connectivity index (χ2n) is 22.4. The van der Waals surface area contributed by atoms with Crippen LogP contribution in [0.5, 0.6) is 0 Å². The quantitative estimate of drug-likeness (QED) is 0.0272. The fraction of sp³-hybridized carbons (Fsp3) is 0.671. The number of carbonyl (C=O) groups excluding carboxylic acids is 1. The van der Waals surface area contributed by atoms with Gasteiger partial charge in [-0.2, -0.15) is 0 Å². The minimum absolute atomic E-state index is 0.0196. The van der Waals surface area contributed by atoms with E-state index in [9.17, 15) is 19.4 Å². The summed E-state index contributed by atoms with van der Waals surface area (Å²) >= 11 is 0. The second-order valence-corrected chi connectivity index (χ2v) is 23.8. The van der Waals surface area contributed by atoms with Crippen LogP contribution in [-0.2, 0) is 18.4 Å². The smallest absolute Gasteiger partial charge is 0.268 e. The van der Waals surface area contributed by atoms with Crippen LogP contribution < -0.4 is 10.2 Å². The predicted octanol–water partition coefficient (Wildman–Crippen LogP) is 19.6. The molecule has 2 N–H and O–H groups in total. The molecule has 0 saturated carbocycles. The van der Waals surface area contributed by atoms with E-state index in [0.29, 0.717) is 17.4 Å². The molecule has 0 bridgehead atoms. The van der Waals surface area contributed by atoms with Gasteiger partial charge in [0.1, 0.15) is 13.2 Å². The first-order valence-corrected chi connectivity index (χ1v) is 33.5. The Morgan fingerprint density at radius 2 is 0.785 bits per heavy atom. The molecule has 0 spiro atoms. The van der Waals surface area contributed by atoms with Crippen molar-refractivity contribution in [3.8, 4) is 0 Å². The van der Waals surface area contributed by atoms with Crippen molar-refractivity contribution in [2.24, 2.45) is 0 Å². The summed E-state index contributed by atoms with van der Waals surface area (Å²) in [4.78, 5) is 25.6. The standard InChI is InChI=1S/C70H121N2O6P/c1-6-8-10-12-14-16-18-20-22-24-26-28-30-32-34-35-36-37-38-40-42-44-46-48-50-52-54-56-58-60-62-64-70(74)71-68(67-78-79(75,76)77-66-65-72(3,4)5)69(73)63-61-59-57-55-53-51-49-47-45-43-41-39-33-31-29-27-25-23-21-19-17-15-13-11-9-7-2/h8,10,14,16,20,22,26,28,32,34,36-37,40,42,45-48,53,55,61,63,68-69,73H,6-7,9,11-13,15,17-19,21,23-25,27,29-31,33,35,38-39,41,43-44,49-52,54,56-60,62,64-67H2,1-5H3,(H-,71,74,75,76)/b10-8-,16-14-,22-20-,28-26-,34-32-,37-36-,42-40-,47-45+,48-46-,55-53+,63-61+. The van der Waals surface area contributed by atoms with E-state index < -0.39 is 26.6 Å². The SMILES string of the molecule is CC/C=C\C/C=C\C/C=C\C/C=C\C/C=C\C/C=C\C/C=C\C/C=C\CCCCCCCCC(=O)NC(COP(=O)([O-])OCC[N+](C)(C)C)C(O)/C=C/CC/C=C/CC/C=C/CCCCCCCCCCCCCCCCCC. The maximum absolute atomic E-state index is 13.0. The molecule has 0 fully saturated rings. The number of quaternary nitrogens is 1. The van der Waals surface area contributed by atoms with Crippen molar-refractivity contribution in [3.63, 3.8) is 0 Å². The lowest BCUT2D eigenvalue weighted by molar-refractivity contribution is -0.870. The zero-order chi connectivity index (χ0) is 57.7. The van der Waals surface area contributed by atoms with Gasteiger partial charge in [0.25, 0.3) is 7.82 Å². The molecule has 0 radical (unpaired) electrons. The summed E-state index contributed by atoms with van der Waals surface area (Å²) in [5.41, 5.74) is 0. The topological polar surface area (TPSA) is 108 Å². The summed E-state index contributed by atoms with van der Waals surface area (Å²) in [6.07, 6.45) is 89.8. The number of allylic oxidation sites excluding steroid dienone is 21. The molecule has 452 valence electrons. The van der Waals surface area contributed by atoms with Crippen LogP contribution in [0.25, 0.3) is 0 Å². The Morgan fingerprint density at radius 1 is 0.456 bits per heavy atom. The largest absolute Gasteiger partial charge is 0.756 e. The average Bonchev–Trinajstić information content (AvgIpc) is 3.42. The summed E-state index contributed by atoms with van der Waals surface area (Å²) in [7, 11) is 1.21. The number of unbranched alkanes of at least 4 members (excludes halogenated alkanes) is 24. The van der Waals surface area contributed by atoms with Gasteiger partial charge in [-0.15, -0.1) is 0 Å². The lowest BCUT2D eigenvalue weighted by atomic mass is 10.0. The molecular weight excluding hydrogens is 996 g/mol. The highest BCUT2D eigenvalue weighted by Gasteiger charge is 2.23. The van der Waals surface area contributed by atoms with Gasteiger partial charge in [-0.3, -0.25) is 9.36 Å². The van der Waals surface area contributed by atoms with E-state index in [4.69, 9.17) is 9.05 Å². The van der Waals surface area contributed by atoms with Crippen molar-refractivity contribution in [1.29, 1.82) is 0 Å². The fourth-order valence-electron chi connectivity index (χ4n) is 8.61. The Hall–Kier alpha value is -3.36. The highest BCUT2D eigenvalue weighted by atomic mass is 31.2. The minimum atomic E-state index is -4.63. The third-order valence-electron chi connectivity index (χ3n) is 13.6. The van der Waals surface area contributed by atoms with Crippen LogP contribution in [0.3, 0.4) is 0 Å². The summed E-state index contributed by atoms with van der Waals surface area (Å²) in [6, 6.07) is -0.930. The van der Waals surface area contributed by atoms with Gasteiger partial charge in [0.15, 0.2) is 0 Å². The maximum atomic E-state index is 13.0. The van der Waals surface area contributed by atoms with Gasteiger partial charge in [-0.25, -0.2) is 0 Å². The Kier molecular flexibility index (Phi) is 56.7. The lowest BCUT2D eigenvalue weighted by Crippen LogP contribution is -2.45. The third-order valence-corrected chi connectivity index (χ3v) is 14.5. The van der Waals surface area contributed by atoms with Gasteiger partial charge in [0.2, 0.25) is 5.91 Å². The molecule has 9 heteroatoms. The average molecular weight is 1120 g/mol. The Labute approximate surface area is 487 Å². The molecule has 79 heavy (non-hydrogen) atoms. The zero-order valence-electron chi connectivity index (χ0n) is 51.5. The van der Waals surface area contributed by atoms with Gasteiger partial charge >= 0.3 is 0 Å². The molecular formula is C70H121N2O6P. The van der Waals surface area contributed by atoms with Gasteiger partial charge in [0.05, 0.1) is 39.9 Å². The molecule has 3 unspecified atom stereocenters. The first-order valence-electron chi connectivity index (χ1n) is 32.0. The Bertz CT molecular complexity index is 1750. The number of amides is 1. The molecule has 0 aromatic rings. The second kappa shape index (κ2) is 59.3. The highest BCUT2D eigenvalue weighted by Crippen LogP contribution is 2.38. The number of phosphoric ester groups is 1. The predicted molar refractivity (Wildman–Crippen MR) is 343 cm³/mol. The van der Waals surface area contributed by atoms with E-state index >= 15 is 0 Å². The number of likely N-dealkylation sites (N-methyl/N-ethyl adjacent to an activating group) is 1. The molecule has 1 amide bonds. The number of nitrogens with one attached hydrogen (secondary N) is 1. The van der Waals surface area contributed by atoms with E-state index in [1.54, 1.807) is 6.08 Å². The molecule has 0 rings (SSSR count). The molecule has 0 aliphatic carbocycles. The Morgan fingerprint density at radius 3 is 1.18 bits per heavy atom. The van der Waals surface area contributed by atoms with Crippen molar-refractivity contribution < 1.29 is 32.9 Å². The van der Waals surface area contributed by atoms with E-state index in [0.717, 1.165) is 122 Å². The number of rotatable bonds is 57.